The average Bonchev–Trinajstić information content (AvgIpc) is 2.33. The summed E-state index contributed by atoms with van der Waals surface area (Å²) >= 11 is 0. The second-order valence-corrected chi connectivity index (χ2v) is 4.45. The maximum atomic E-state index is 12.4. The molecule has 0 heterocycles. The highest BCUT2D eigenvalue weighted by molar-refractivity contribution is 5.96. The molecule has 0 aliphatic heterocycles. The number of benzene rings is 1. The van der Waals surface area contributed by atoms with Gasteiger partial charge in [-0.25, -0.2) is 0 Å². The molecule has 3 nitrogen and oxygen atoms in total. The number of carbonyl (C=O) groups excluding carboxylic acids is 1. The van der Waals surface area contributed by atoms with Crippen LogP contribution in [0.1, 0.15) is 34.8 Å². The number of nitrogens with two attached hydrogens (primary N) is 1. The van der Waals surface area contributed by atoms with Crippen LogP contribution < -0.4 is 5.73 Å². The molecular formula is C15H20N2O. The minimum atomic E-state index is -0.0426. The Labute approximate surface area is 109 Å². The molecule has 3 heteroatoms. The van der Waals surface area contributed by atoms with Gasteiger partial charge in [0.15, 0.2) is 0 Å². The molecule has 0 saturated heterocycles. The summed E-state index contributed by atoms with van der Waals surface area (Å²) in [7, 11) is 0. The second-order valence-electron chi connectivity index (χ2n) is 4.45. The summed E-state index contributed by atoms with van der Waals surface area (Å²) in [6.07, 6.45) is 6.18. The quantitative estimate of drug-likeness (QED) is 0.653. The van der Waals surface area contributed by atoms with Gasteiger partial charge >= 0.3 is 0 Å². The summed E-state index contributed by atoms with van der Waals surface area (Å²) in [6, 6.07) is 3.68. The first-order valence-electron chi connectivity index (χ1n) is 6.10. The van der Waals surface area contributed by atoms with Crippen LogP contribution in [0.5, 0.6) is 0 Å². The molecule has 1 amide bonds. The fraction of sp³-hybridized carbons (Fsp3) is 0.400. The highest BCUT2D eigenvalue weighted by Gasteiger charge is 2.17. The van der Waals surface area contributed by atoms with Gasteiger partial charge in [-0.2, -0.15) is 0 Å². The summed E-state index contributed by atoms with van der Waals surface area (Å²) in [6.45, 7) is 6.87. The van der Waals surface area contributed by atoms with Crippen LogP contribution in [0.15, 0.2) is 12.1 Å². The van der Waals surface area contributed by atoms with E-state index < -0.39 is 0 Å². The Morgan fingerprint density at radius 3 is 2.61 bits per heavy atom. The van der Waals surface area contributed by atoms with E-state index >= 15 is 0 Å². The predicted molar refractivity (Wildman–Crippen MR) is 75.4 cm³/mol. The van der Waals surface area contributed by atoms with Crippen molar-refractivity contribution in [2.45, 2.75) is 27.2 Å². The van der Waals surface area contributed by atoms with Crippen LogP contribution in [0.25, 0.3) is 0 Å². The van der Waals surface area contributed by atoms with E-state index in [1.807, 2.05) is 26.8 Å². The molecule has 0 saturated carbocycles. The lowest BCUT2D eigenvalue weighted by Gasteiger charge is -2.21. The number of aryl methyl sites for hydroxylation is 2. The van der Waals surface area contributed by atoms with Crippen LogP contribution in [0.4, 0.5) is 5.69 Å². The standard InChI is InChI=1S/C15H20N2O/c1-5-7-17(8-6-2)15(18)13-10-14(16)12(4)9-11(13)3/h1,9-10H,6-8,16H2,2-4H3. The van der Waals surface area contributed by atoms with E-state index in [2.05, 4.69) is 5.92 Å². The van der Waals surface area contributed by atoms with E-state index in [4.69, 9.17) is 12.2 Å². The number of hydrogen-bond donors (Lipinski definition) is 1. The lowest BCUT2D eigenvalue weighted by Crippen LogP contribution is -2.32. The van der Waals surface area contributed by atoms with Crippen molar-refractivity contribution in [3.63, 3.8) is 0 Å². The SMILES string of the molecule is C#CCN(CCC)C(=O)c1cc(N)c(C)cc1C. The van der Waals surface area contributed by atoms with Gasteiger partial charge in [-0.15, -0.1) is 6.42 Å². The normalized spacial score (nSPS) is 9.89. The molecule has 0 bridgehead atoms. The van der Waals surface area contributed by atoms with Crippen molar-refractivity contribution in [2.24, 2.45) is 0 Å². The van der Waals surface area contributed by atoms with Gasteiger partial charge in [0.1, 0.15) is 0 Å². The lowest BCUT2D eigenvalue weighted by atomic mass is 10.0. The third-order valence-electron chi connectivity index (χ3n) is 2.91. The molecule has 96 valence electrons. The average molecular weight is 244 g/mol. The van der Waals surface area contributed by atoms with Gasteiger partial charge in [0.25, 0.3) is 5.91 Å². The van der Waals surface area contributed by atoms with Gasteiger partial charge in [0.05, 0.1) is 6.54 Å². The van der Waals surface area contributed by atoms with Gasteiger partial charge in [-0.3, -0.25) is 4.79 Å². The van der Waals surface area contributed by atoms with Crippen molar-refractivity contribution in [1.29, 1.82) is 0 Å². The molecule has 2 N–H and O–H groups in total. The van der Waals surface area contributed by atoms with Gasteiger partial charge in [0.2, 0.25) is 0 Å². The molecule has 0 radical (unpaired) electrons. The molecular weight excluding hydrogens is 224 g/mol. The van der Waals surface area contributed by atoms with E-state index in [1.54, 1.807) is 11.0 Å². The topological polar surface area (TPSA) is 46.3 Å². The zero-order valence-corrected chi connectivity index (χ0v) is 11.3. The number of anilines is 1. The minimum absolute atomic E-state index is 0.0426. The summed E-state index contributed by atoms with van der Waals surface area (Å²) < 4.78 is 0. The highest BCUT2D eigenvalue weighted by atomic mass is 16.2. The maximum Gasteiger partial charge on any atom is 0.254 e. The van der Waals surface area contributed by atoms with Gasteiger partial charge in [-0.1, -0.05) is 18.9 Å². The Balaban J connectivity index is 3.09. The number of terminal acetylenes is 1. The number of hydrogen-bond acceptors (Lipinski definition) is 2. The van der Waals surface area contributed by atoms with Crippen LogP contribution in [-0.2, 0) is 0 Å². The van der Waals surface area contributed by atoms with Crippen LogP contribution in [0, 0.1) is 26.2 Å². The molecule has 0 fully saturated rings. The zero-order valence-electron chi connectivity index (χ0n) is 11.3. The van der Waals surface area contributed by atoms with Gasteiger partial charge in [-0.05, 0) is 37.5 Å². The lowest BCUT2D eigenvalue weighted by molar-refractivity contribution is 0.0776. The number of amides is 1. The summed E-state index contributed by atoms with van der Waals surface area (Å²) in [5.41, 5.74) is 9.07. The molecule has 0 aliphatic carbocycles. The molecule has 18 heavy (non-hydrogen) atoms. The van der Waals surface area contributed by atoms with Crippen molar-refractivity contribution < 1.29 is 4.79 Å². The van der Waals surface area contributed by atoms with E-state index in [-0.39, 0.29) is 5.91 Å². The van der Waals surface area contributed by atoms with Crippen molar-refractivity contribution in [2.75, 3.05) is 18.8 Å². The zero-order chi connectivity index (χ0) is 13.7. The second kappa shape index (κ2) is 6.11. The van der Waals surface area contributed by atoms with E-state index in [1.165, 1.54) is 0 Å². The molecule has 1 aromatic carbocycles. The first-order chi connectivity index (χ1) is 8.51. The first kappa shape index (κ1) is 14.1. The minimum Gasteiger partial charge on any atom is -0.398 e. The number of rotatable bonds is 4. The van der Waals surface area contributed by atoms with E-state index in [0.717, 1.165) is 17.5 Å². The Kier molecular flexibility index (Phi) is 4.79. The number of carbonyl (C=O) groups is 1. The Hall–Kier alpha value is -1.95. The smallest absolute Gasteiger partial charge is 0.254 e. The molecule has 0 aromatic heterocycles. The van der Waals surface area contributed by atoms with Crippen molar-refractivity contribution in [3.8, 4) is 12.3 Å². The summed E-state index contributed by atoms with van der Waals surface area (Å²) in [5, 5.41) is 0. The van der Waals surface area contributed by atoms with Gasteiger partial charge < -0.3 is 10.6 Å². The van der Waals surface area contributed by atoms with Crippen molar-refractivity contribution >= 4 is 11.6 Å². The molecule has 0 aliphatic rings. The van der Waals surface area contributed by atoms with E-state index in [0.29, 0.717) is 24.3 Å². The predicted octanol–water partition coefficient (Wildman–Crippen LogP) is 2.37. The summed E-state index contributed by atoms with van der Waals surface area (Å²) in [4.78, 5) is 14.1. The van der Waals surface area contributed by atoms with Crippen LogP contribution in [0.2, 0.25) is 0 Å². The van der Waals surface area contributed by atoms with Crippen molar-refractivity contribution in [3.05, 3.63) is 28.8 Å². The number of nitrogens with zero attached hydrogens (tertiary/aromatic N) is 1. The largest absolute Gasteiger partial charge is 0.398 e. The van der Waals surface area contributed by atoms with Crippen LogP contribution >= 0.6 is 0 Å². The van der Waals surface area contributed by atoms with Crippen molar-refractivity contribution in [1.82, 2.24) is 4.90 Å². The summed E-state index contributed by atoms with van der Waals surface area (Å²) in [5.74, 6) is 2.48. The number of nitrogen functional groups attached to an aromatic ring is 1. The Bertz CT molecular complexity index is 486. The highest BCUT2D eigenvalue weighted by Crippen LogP contribution is 2.19. The maximum absolute atomic E-state index is 12.4. The van der Waals surface area contributed by atoms with Crippen LogP contribution in [0.3, 0.4) is 0 Å². The molecule has 0 spiro atoms. The fourth-order valence-corrected chi connectivity index (χ4v) is 1.90. The molecule has 0 unspecified atom stereocenters. The fourth-order valence-electron chi connectivity index (χ4n) is 1.90. The first-order valence-corrected chi connectivity index (χ1v) is 6.10. The Morgan fingerprint density at radius 2 is 2.06 bits per heavy atom. The Morgan fingerprint density at radius 1 is 1.39 bits per heavy atom. The third-order valence-corrected chi connectivity index (χ3v) is 2.91. The van der Waals surface area contributed by atoms with Gasteiger partial charge in [0, 0.05) is 17.8 Å². The third kappa shape index (κ3) is 3.04. The molecule has 1 rings (SSSR count). The van der Waals surface area contributed by atoms with E-state index in [9.17, 15) is 4.79 Å². The monoisotopic (exact) mass is 244 g/mol. The molecule has 0 atom stereocenters. The van der Waals surface area contributed by atoms with Crippen LogP contribution in [-0.4, -0.2) is 23.9 Å². The molecule has 1 aromatic rings.